The van der Waals surface area contributed by atoms with E-state index in [2.05, 4.69) is 47.1 Å². The molecule has 0 heterocycles. The van der Waals surface area contributed by atoms with Gasteiger partial charge < -0.3 is 4.74 Å². The third-order valence-electron chi connectivity index (χ3n) is 6.17. The van der Waals surface area contributed by atoms with Gasteiger partial charge in [-0.15, -0.1) is 0 Å². The molecule has 0 aromatic heterocycles. The summed E-state index contributed by atoms with van der Waals surface area (Å²) in [4.78, 5) is 0. The molecule has 0 saturated heterocycles. The van der Waals surface area contributed by atoms with Gasteiger partial charge in [0.15, 0.2) is 0 Å². The van der Waals surface area contributed by atoms with Crippen LogP contribution >= 0.6 is 15.9 Å². The van der Waals surface area contributed by atoms with Crippen LogP contribution in [0.25, 0.3) is 0 Å². The zero-order valence-corrected chi connectivity index (χ0v) is 19.2. The number of alkyl halides is 1. The summed E-state index contributed by atoms with van der Waals surface area (Å²) >= 11 is 3.71. The highest BCUT2D eigenvalue weighted by atomic mass is 79.9. The molecule has 1 atom stereocenters. The first-order valence-corrected chi connectivity index (χ1v) is 12.7. The fraction of sp³-hybridized carbons (Fsp3) is 0.760. The van der Waals surface area contributed by atoms with Crippen LogP contribution in [0.1, 0.15) is 108 Å². The summed E-state index contributed by atoms with van der Waals surface area (Å²) in [6.07, 6.45) is 19.2. The van der Waals surface area contributed by atoms with E-state index in [0.717, 1.165) is 35.9 Å². The predicted octanol–water partition coefficient (Wildman–Crippen LogP) is 8.66. The van der Waals surface area contributed by atoms with Gasteiger partial charge in [0.2, 0.25) is 0 Å². The van der Waals surface area contributed by atoms with Gasteiger partial charge in [0.1, 0.15) is 5.75 Å². The molecule has 1 aliphatic rings. The number of ether oxygens (including phenoxy) is 1. The first-order chi connectivity index (χ1) is 13.3. The molecule has 1 aromatic rings. The molecule has 0 bridgehead atoms. The van der Waals surface area contributed by atoms with Crippen molar-refractivity contribution in [3.63, 3.8) is 0 Å². The molecule has 1 aliphatic carbocycles. The van der Waals surface area contributed by atoms with Gasteiger partial charge in [0.25, 0.3) is 0 Å². The Labute approximate surface area is 176 Å². The summed E-state index contributed by atoms with van der Waals surface area (Å²) in [5, 5.41) is 1.14. The van der Waals surface area contributed by atoms with Crippen molar-refractivity contribution in [1.82, 2.24) is 0 Å². The van der Waals surface area contributed by atoms with Crippen molar-refractivity contribution in [3.05, 3.63) is 29.8 Å². The number of rotatable bonds is 14. The van der Waals surface area contributed by atoms with Crippen molar-refractivity contribution < 1.29 is 4.74 Å². The molecule has 2 heteroatoms. The Hall–Kier alpha value is -0.500. The van der Waals surface area contributed by atoms with Crippen LogP contribution in [0.15, 0.2) is 24.3 Å². The lowest BCUT2D eigenvalue weighted by Crippen LogP contribution is -2.06. The highest BCUT2D eigenvalue weighted by Gasteiger charge is 2.15. The quantitative estimate of drug-likeness (QED) is 0.209. The first kappa shape index (κ1) is 22.8. The van der Waals surface area contributed by atoms with Crippen molar-refractivity contribution >= 4 is 15.9 Å². The Morgan fingerprint density at radius 2 is 1.56 bits per heavy atom. The summed E-state index contributed by atoms with van der Waals surface area (Å²) in [6.45, 7) is 3.14. The molecule has 0 radical (unpaired) electrons. The summed E-state index contributed by atoms with van der Waals surface area (Å²) in [7, 11) is 0. The zero-order valence-electron chi connectivity index (χ0n) is 17.6. The molecule has 1 nitrogen and oxygen atoms in total. The molecular weight excluding hydrogens is 396 g/mol. The van der Waals surface area contributed by atoms with Gasteiger partial charge in [-0.1, -0.05) is 92.8 Å². The third-order valence-corrected chi connectivity index (χ3v) is 7.08. The van der Waals surface area contributed by atoms with E-state index in [1.54, 1.807) is 0 Å². The number of unbranched alkanes of at least 4 members (excludes halogenated alkanes) is 5. The maximum absolute atomic E-state index is 6.00. The van der Waals surface area contributed by atoms with Gasteiger partial charge in [0, 0.05) is 5.33 Å². The third kappa shape index (κ3) is 9.50. The minimum Gasteiger partial charge on any atom is -0.494 e. The van der Waals surface area contributed by atoms with Crippen molar-refractivity contribution in [2.24, 2.45) is 5.92 Å². The van der Waals surface area contributed by atoms with Crippen molar-refractivity contribution in [2.75, 3.05) is 11.9 Å². The topological polar surface area (TPSA) is 9.23 Å². The Morgan fingerprint density at radius 3 is 2.26 bits per heavy atom. The second-order valence-electron chi connectivity index (χ2n) is 8.47. The van der Waals surface area contributed by atoms with Gasteiger partial charge in [-0.05, 0) is 61.6 Å². The second-order valence-corrected chi connectivity index (χ2v) is 9.12. The second kappa shape index (κ2) is 14.5. The van der Waals surface area contributed by atoms with E-state index in [1.165, 1.54) is 89.0 Å². The Bertz CT molecular complexity index is 464. The Morgan fingerprint density at radius 1 is 0.889 bits per heavy atom. The van der Waals surface area contributed by atoms with Crippen LogP contribution in [0.5, 0.6) is 5.75 Å². The van der Waals surface area contributed by atoms with E-state index in [0.29, 0.717) is 0 Å². The number of halogens is 1. The normalized spacial score (nSPS) is 16.4. The van der Waals surface area contributed by atoms with Gasteiger partial charge in [-0.2, -0.15) is 0 Å². The fourth-order valence-corrected chi connectivity index (χ4v) is 4.99. The van der Waals surface area contributed by atoms with Crippen LogP contribution in [0, 0.1) is 5.92 Å². The maximum atomic E-state index is 6.00. The predicted molar refractivity (Wildman–Crippen MR) is 122 cm³/mol. The molecule has 2 rings (SSSR count). The van der Waals surface area contributed by atoms with Crippen LogP contribution < -0.4 is 4.74 Å². The van der Waals surface area contributed by atoms with E-state index in [1.807, 2.05) is 0 Å². The summed E-state index contributed by atoms with van der Waals surface area (Å²) in [6, 6.07) is 8.96. The van der Waals surface area contributed by atoms with Gasteiger partial charge in [-0.3, -0.25) is 0 Å². The molecule has 0 spiro atoms. The van der Waals surface area contributed by atoms with Gasteiger partial charge in [0.05, 0.1) is 6.61 Å². The van der Waals surface area contributed by atoms with Crippen molar-refractivity contribution in [3.8, 4) is 5.75 Å². The molecule has 1 fully saturated rings. The molecule has 1 unspecified atom stereocenters. The van der Waals surface area contributed by atoms with Crippen LogP contribution in [0.3, 0.4) is 0 Å². The minimum absolute atomic E-state index is 0.787. The van der Waals surface area contributed by atoms with E-state index >= 15 is 0 Å². The molecule has 1 aromatic carbocycles. The SMILES string of the molecule is CCCCCCCCC(CBr)CCCOc1ccc(C2CCCCC2)cc1. The van der Waals surface area contributed by atoms with Crippen molar-refractivity contribution in [1.29, 1.82) is 0 Å². The molecule has 0 amide bonds. The molecule has 154 valence electrons. The van der Waals surface area contributed by atoms with E-state index < -0.39 is 0 Å². The van der Waals surface area contributed by atoms with Crippen LogP contribution in [0.4, 0.5) is 0 Å². The lowest BCUT2D eigenvalue weighted by Gasteiger charge is -2.22. The molecular formula is C25H41BrO. The average Bonchev–Trinajstić information content (AvgIpc) is 2.73. The van der Waals surface area contributed by atoms with E-state index in [9.17, 15) is 0 Å². The summed E-state index contributed by atoms with van der Waals surface area (Å²) in [5.41, 5.74) is 1.51. The lowest BCUT2D eigenvalue weighted by atomic mass is 9.84. The highest BCUT2D eigenvalue weighted by Crippen LogP contribution is 2.33. The average molecular weight is 438 g/mol. The van der Waals surface area contributed by atoms with E-state index in [4.69, 9.17) is 4.74 Å². The van der Waals surface area contributed by atoms with Crippen LogP contribution in [-0.2, 0) is 0 Å². The molecule has 0 aliphatic heterocycles. The zero-order chi connectivity index (χ0) is 19.2. The molecule has 27 heavy (non-hydrogen) atoms. The summed E-state index contributed by atoms with van der Waals surface area (Å²) in [5.74, 6) is 2.64. The van der Waals surface area contributed by atoms with Gasteiger partial charge >= 0.3 is 0 Å². The number of hydrogen-bond donors (Lipinski definition) is 0. The Kier molecular flexibility index (Phi) is 12.2. The fourth-order valence-electron chi connectivity index (χ4n) is 4.35. The first-order valence-electron chi connectivity index (χ1n) is 11.6. The monoisotopic (exact) mass is 436 g/mol. The summed E-state index contributed by atoms with van der Waals surface area (Å²) < 4.78 is 6.00. The van der Waals surface area contributed by atoms with Crippen molar-refractivity contribution in [2.45, 2.75) is 103 Å². The minimum atomic E-state index is 0.787. The van der Waals surface area contributed by atoms with E-state index in [-0.39, 0.29) is 0 Å². The molecule has 0 N–H and O–H groups in total. The highest BCUT2D eigenvalue weighted by molar-refractivity contribution is 9.09. The smallest absolute Gasteiger partial charge is 0.119 e. The molecule has 1 saturated carbocycles. The lowest BCUT2D eigenvalue weighted by molar-refractivity contribution is 0.292. The number of benzene rings is 1. The van der Waals surface area contributed by atoms with Gasteiger partial charge in [-0.25, -0.2) is 0 Å². The van der Waals surface area contributed by atoms with Crippen LogP contribution in [0.2, 0.25) is 0 Å². The maximum Gasteiger partial charge on any atom is 0.119 e. The van der Waals surface area contributed by atoms with Crippen LogP contribution in [-0.4, -0.2) is 11.9 Å². The standard InChI is InChI=1S/C25H41BrO/c1-2-3-4-5-6-8-12-22(21-26)13-11-20-27-25-18-16-24(17-19-25)23-14-9-7-10-15-23/h16-19,22-23H,2-15,20-21H2,1H3. The largest absolute Gasteiger partial charge is 0.494 e. The number of hydrogen-bond acceptors (Lipinski definition) is 1. The Balaban J connectivity index is 1.56.